The summed E-state index contributed by atoms with van der Waals surface area (Å²) < 4.78 is 32.9. The second-order valence-corrected chi connectivity index (χ2v) is 17.9. The van der Waals surface area contributed by atoms with Crippen molar-refractivity contribution in [2.24, 2.45) is 10.8 Å². The second kappa shape index (κ2) is 38.3. The third kappa shape index (κ3) is 29.6. The topological polar surface area (TPSA) is 158 Å². The highest BCUT2D eigenvalue weighted by Gasteiger charge is 2.35. The monoisotopic (exact) mass is 939 g/mol. The number of benzene rings is 2. The first-order chi connectivity index (χ1) is 32.4. The maximum Gasteiger partial charge on any atom is 0.338 e. The van der Waals surface area contributed by atoms with E-state index >= 15 is 0 Å². The first kappa shape index (κ1) is 60.3. The van der Waals surface area contributed by atoms with E-state index in [1.54, 1.807) is 60.7 Å². The molecule has 0 spiro atoms. The standard InChI is InChI=1S/C33H62O6.C22H24O6/c1-5-9-12-15-18-21-24-30(34)37-27-33(8-4,28-38-31(35)25-22-19-16-13-10-6-2)29-39-32(36)26-23-20-17-14-11-7-3;1-3-22(14-26-17(2)23,15-27-20(24)18-10-6-4-7-11-18)16-28-21(25)19-12-8-5-9-13-19/h5-29H2,1-4H3;4-13H,3,14-16H2,1-2H3. The van der Waals surface area contributed by atoms with E-state index in [-0.39, 0.29) is 57.5 Å². The van der Waals surface area contributed by atoms with Gasteiger partial charge in [0.25, 0.3) is 0 Å². The second-order valence-electron chi connectivity index (χ2n) is 17.9. The molecule has 67 heavy (non-hydrogen) atoms. The Hall–Kier alpha value is -4.74. The maximum absolute atomic E-state index is 12.4. The predicted octanol–water partition coefficient (Wildman–Crippen LogP) is 12.9. The van der Waals surface area contributed by atoms with Crippen molar-refractivity contribution in [3.05, 3.63) is 71.8 Å². The first-order valence-electron chi connectivity index (χ1n) is 25.4. The van der Waals surface area contributed by atoms with Crippen molar-refractivity contribution >= 4 is 35.8 Å². The van der Waals surface area contributed by atoms with Crippen molar-refractivity contribution in [1.82, 2.24) is 0 Å². The lowest BCUT2D eigenvalue weighted by Gasteiger charge is -2.31. The van der Waals surface area contributed by atoms with E-state index in [4.69, 9.17) is 28.4 Å². The van der Waals surface area contributed by atoms with Gasteiger partial charge >= 0.3 is 35.8 Å². The van der Waals surface area contributed by atoms with Crippen LogP contribution in [-0.2, 0) is 47.6 Å². The highest BCUT2D eigenvalue weighted by Crippen LogP contribution is 2.27. The van der Waals surface area contributed by atoms with E-state index in [1.165, 1.54) is 64.7 Å². The summed E-state index contributed by atoms with van der Waals surface area (Å²) in [5.74, 6) is -2.15. The van der Waals surface area contributed by atoms with Crippen LogP contribution in [0.2, 0.25) is 0 Å². The van der Waals surface area contributed by atoms with Gasteiger partial charge in [0.15, 0.2) is 0 Å². The lowest BCUT2D eigenvalue weighted by atomic mass is 9.88. The van der Waals surface area contributed by atoms with Crippen molar-refractivity contribution in [3.63, 3.8) is 0 Å². The van der Waals surface area contributed by atoms with Crippen molar-refractivity contribution in [2.75, 3.05) is 39.6 Å². The average Bonchev–Trinajstić information content (AvgIpc) is 3.35. The van der Waals surface area contributed by atoms with Gasteiger partial charge in [0, 0.05) is 26.2 Å². The molecular formula is C55H86O12. The Bertz CT molecular complexity index is 1490. The third-order valence-corrected chi connectivity index (χ3v) is 11.9. The van der Waals surface area contributed by atoms with Crippen LogP contribution in [0.4, 0.5) is 0 Å². The van der Waals surface area contributed by atoms with E-state index in [0.29, 0.717) is 43.2 Å². The molecule has 0 bridgehead atoms. The van der Waals surface area contributed by atoms with Gasteiger partial charge < -0.3 is 28.4 Å². The number of rotatable bonds is 37. The summed E-state index contributed by atoms with van der Waals surface area (Å²) in [6.45, 7) is 11.8. The van der Waals surface area contributed by atoms with Gasteiger partial charge in [0.2, 0.25) is 0 Å². The number of esters is 6. The SMILES string of the molecule is CCC(COC(C)=O)(COC(=O)c1ccccc1)COC(=O)c1ccccc1.CCCCCCCCC(=O)OCC(CC)(COC(=O)CCCCCCCC)COC(=O)CCCCCCCC. The van der Waals surface area contributed by atoms with Crippen LogP contribution in [0, 0.1) is 10.8 Å². The fourth-order valence-electron chi connectivity index (χ4n) is 6.94. The molecule has 0 aromatic heterocycles. The molecule has 0 radical (unpaired) electrons. The Labute approximate surface area is 403 Å². The zero-order valence-corrected chi connectivity index (χ0v) is 42.2. The minimum Gasteiger partial charge on any atom is -0.465 e. The molecule has 12 heteroatoms. The molecule has 0 aliphatic carbocycles. The summed E-state index contributed by atoms with van der Waals surface area (Å²) in [4.78, 5) is 73.1. The van der Waals surface area contributed by atoms with Gasteiger partial charge in [-0.3, -0.25) is 19.2 Å². The van der Waals surface area contributed by atoms with E-state index in [1.807, 2.05) is 13.8 Å². The van der Waals surface area contributed by atoms with Crippen LogP contribution in [-0.4, -0.2) is 75.5 Å². The summed E-state index contributed by atoms with van der Waals surface area (Å²) in [6.07, 6.45) is 22.1. The molecule has 378 valence electrons. The van der Waals surface area contributed by atoms with Crippen molar-refractivity contribution in [2.45, 2.75) is 189 Å². The largest absolute Gasteiger partial charge is 0.465 e. The van der Waals surface area contributed by atoms with E-state index in [0.717, 1.165) is 57.8 Å². The van der Waals surface area contributed by atoms with Gasteiger partial charge in [-0.15, -0.1) is 0 Å². The molecule has 2 aromatic rings. The number of ether oxygens (including phenoxy) is 6. The molecule has 2 aromatic carbocycles. The number of unbranched alkanes of at least 4 members (excludes halogenated alkanes) is 15. The molecule has 0 aliphatic rings. The molecule has 0 amide bonds. The molecule has 12 nitrogen and oxygen atoms in total. The normalized spacial score (nSPS) is 11.1. The zero-order chi connectivity index (χ0) is 49.4. The first-order valence-corrected chi connectivity index (χ1v) is 25.4. The Morgan fingerprint density at radius 1 is 0.358 bits per heavy atom. The fraction of sp³-hybridized carbons (Fsp3) is 0.673. The van der Waals surface area contributed by atoms with Crippen molar-refractivity contribution in [1.29, 1.82) is 0 Å². The highest BCUT2D eigenvalue weighted by molar-refractivity contribution is 5.90. The molecule has 2 rings (SSSR count). The minimum atomic E-state index is -0.833. The van der Waals surface area contributed by atoms with Crippen LogP contribution in [0.3, 0.4) is 0 Å². The van der Waals surface area contributed by atoms with Gasteiger partial charge in [-0.1, -0.05) is 167 Å². The van der Waals surface area contributed by atoms with Crippen LogP contribution < -0.4 is 0 Å². The summed E-state index contributed by atoms with van der Waals surface area (Å²) in [5.41, 5.74) is -0.715. The zero-order valence-electron chi connectivity index (χ0n) is 42.2. The van der Waals surface area contributed by atoms with Crippen molar-refractivity contribution < 1.29 is 57.2 Å². The summed E-state index contributed by atoms with van der Waals surface area (Å²) in [7, 11) is 0. The van der Waals surface area contributed by atoms with Crippen LogP contribution in [0.5, 0.6) is 0 Å². The Morgan fingerprint density at radius 3 is 0.910 bits per heavy atom. The summed E-state index contributed by atoms with van der Waals surface area (Å²) in [5, 5.41) is 0. The molecule has 0 saturated heterocycles. The smallest absolute Gasteiger partial charge is 0.338 e. The third-order valence-electron chi connectivity index (χ3n) is 11.9. The molecule has 0 fully saturated rings. The molecule has 0 aliphatic heterocycles. The van der Waals surface area contributed by atoms with Gasteiger partial charge in [0.1, 0.15) is 39.6 Å². The number of carbonyl (C=O) groups is 6. The van der Waals surface area contributed by atoms with Crippen LogP contribution in [0.15, 0.2) is 60.7 Å². The highest BCUT2D eigenvalue weighted by atomic mass is 16.6. The Morgan fingerprint density at radius 2 is 0.627 bits per heavy atom. The molecule has 0 N–H and O–H groups in total. The summed E-state index contributed by atoms with van der Waals surface area (Å²) in [6, 6.07) is 17.2. The lowest BCUT2D eigenvalue weighted by molar-refractivity contribution is -0.162. The van der Waals surface area contributed by atoms with Gasteiger partial charge in [0.05, 0.1) is 22.0 Å². The van der Waals surface area contributed by atoms with E-state index < -0.39 is 28.7 Å². The van der Waals surface area contributed by atoms with Crippen LogP contribution in [0.25, 0.3) is 0 Å². The molecular weight excluding hydrogens is 853 g/mol. The quantitative estimate of drug-likeness (QED) is 0.0359. The van der Waals surface area contributed by atoms with Crippen molar-refractivity contribution in [3.8, 4) is 0 Å². The lowest BCUT2D eigenvalue weighted by Crippen LogP contribution is -2.39. The minimum absolute atomic E-state index is 0.0248. The van der Waals surface area contributed by atoms with E-state index in [2.05, 4.69) is 20.8 Å². The predicted molar refractivity (Wildman–Crippen MR) is 262 cm³/mol. The average molecular weight is 939 g/mol. The molecule has 0 unspecified atom stereocenters. The van der Waals surface area contributed by atoms with Gasteiger partial charge in [-0.2, -0.15) is 0 Å². The number of hydrogen-bond donors (Lipinski definition) is 0. The van der Waals surface area contributed by atoms with E-state index in [9.17, 15) is 28.8 Å². The maximum atomic E-state index is 12.4. The van der Waals surface area contributed by atoms with Gasteiger partial charge in [-0.05, 0) is 56.4 Å². The number of carbonyl (C=O) groups excluding carboxylic acids is 6. The Kier molecular flexibility index (Phi) is 34.4. The molecule has 0 atom stereocenters. The summed E-state index contributed by atoms with van der Waals surface area (Å²) >= 11 is 0. The van der Waals surface area contributed by atoms with Gasteiger partial charge in [-0.25, -0.2) is 9.59 Å². The van der Waals surface area contributed by atoms with Crippen LogP contribution in [0.1, 0.15) is 210 Å². The molecule has 0 saturated carbocycles. The number of hydrogen-bond acceptors (Lipinski definition) is 12. The van der Waals surface area contributed by atoms with Crippen LogP contribution >= 0.6 is 0 Å². The Balaban J connectivity index is 0.000000704. The fourth-order valence-corrected chi connectivity index (χ4v) is 6.94. The molecule has 0 heterocycles.